The number of esters is 1. The number of carbonyl (C=O) groups is 3. The van der Waals surface area contributed by atoms with Crippen LogP contribution in [0.2, 0.25) is 0 Å². The number of urea groups is 1. The number of nitrogens with one attached hydrogen (secondary N) is 2. The number of nitrogens with zero attached hydrogens (tertiary/aromatic N) is 1. The topological polar surface area (TPSA) is 97.0 Å². The van der Waals surface area contributed by atoms with Crippen LogP contribution in [0.1, 0.15) is 49.3 Å². The normalized spacial score (nSPS) is 14.0. The van der Waals surface area contributed by atoms with Gasteiger partial charge in [-0.2, -0.15) is 0 Å². The standard InChI is InChI=1S/C25H31N3O5.C9H12/c1-3-33-24(30)8-5-12-27-25(31)28-13-11-22-21(18-6-4-7-20(14-18)32-2)10-9-19(15-26-17-29)23(22)16-28;1-3-5-8(4-2)9-6-7-9/h4,6-7,9-10,14,17H,3,5,8,11-13,15-16H2,1-2H3,(H,26,29)(H,27,31);3-5,9H,1-2,6-7H2/b;8-5+. The molecule has 0 atom stereocenters. The summed E-state index contributed by atoms with van der Waals surface area (Å²) in [4.78, 5) is 36.9. The number of amides is 3. The SMILES string of the molecule is C=C/C=C(\C=C)C1CC1.CCOC(=O)CCCNC(=O)N1CCc2c(-c3cccc(OC)c3)ccc(CNC=O)c2C1. The largest absolute Gasteiger partial charge is 0.497 e. The number of rotatable bonds is 13. The lowest BCUT2D eigenvalue weighted by Gasteiger charge is -2.32. The monoisotopic (exact) mass is 573 g/mol. The van der Waals surface area contributed by atoms with Gasteiger partial charge in [0.2, 0.25) is 6.41 Å². The second kappa shape index (κ2) is 16.8. The first-order valence-corrected chi connectivity index (χ1v) is 14.5. The summed E-state index contributed by atoms with van der Waals surface area (Å²) in [6.07, 6.45) is 10.7. The highest BCUT2D eigenvalue weighted by Crippen LogP contribution is 2.37. The third-order valence-corrected chi connectivity index (χ3v) is 7.29. The molecule has 0 radical (unpaired) electrons. The van der Waals surface area contributed by atoms with Crippen molar-refractivity contribution in [2.75, 3.05) is 26.8 Å². The molecule has 0 bridgehead atoms. The van der Waals surface area contributed by atoms with Crippen LogP contribution in [0, 0.1) is 5.92 Å². The maximum Gasteiger partial charge on any atom is 0.317 e. The van der Waals surface area contributed by atoms with E-state index in [0.29, 0.717) is 52.0 Å². The Balaban J connectivity index is 0.000000458. The Hall–Kier alpha value is -4.33. The van der Waals surface area contributed by atoms with E-state index in [-0.39, 0.29) is 18.4 Å². The zero-order valence-corrected chi connectivity index (χ0v) is 24.8. The lowest BCUT2D eigenvalue weighted by Crippen LogP contribution is -2.43. The smallest absolute Gasteiger partial charge is 0.317 e. The van der Waals surface area contributed by atoms with Crippen LogP contribution in [-0.2, 0) is 33.8 Å². The van der Waals surface area contributed by atoms with E-state index in [1.54, 1.807) is 18.9 Å². The summed E-state index contributed by atoms with van der Waals surface area (Å²) in [6, 6.07) is 11.8. The molecule has 2 aliphatic rings. The minimum Gasteiger partial charge on any atom is -0.497 e. The molecule has 0 spiro atoms. The molecule has 3 amide bonds. The summed E-state index contributed by atoms with van der Waals surface area (Å²) in [6.45, 7) is 11.3. The van der Waals surface area contributed by atoms with Gasteiger partial charge < -0.3 is 25.0 Å². The first-order valence-electron chi connectivity index (χ1n) is 14.5. The Labute approximate surface area is 249 Å². The Bertz CT molecular complexity index is 1280. The first-order chi connectivity index (χ1) is 20.4. The molecule has 224 valence electrons. The molecular formula is C34H43N3O5. The molecule has 0 unspecified atom stereocenters. The Morgan fingerprint density at radius 2 is 1.95 bits per heavy atom. The summed E-state index contributed by atoms with van der Waals surface area (Å²) in [5, 5.41) is 5.63. The number of hydrogen-bond acceptors (Lipinski definition) is 5. The molecule has 8 heteroatoms. The molecule has 1 fully saturated rings. The van der Waals surface area contributed by atoms with Gasteiger partial charge in [0.1, 0.15) is 5.75 Å². The van der Waals surface area contributed by atoms with Crippen molar-refractivity contribution in [1.82, 2.24) is 15.5 Å². The highest BCUT2D eigenvalue weighted by molar-refractivity contribution is 5.76. The fraction of sp³-hybridized carbons (Fsp3) is 0.382. The van der Waals surface area contributed by atoms with Crippen molar-refractivity contribution in [2.24, 2.45) is 5.92 Å². The van der Waals surface area contributed by atoms with Gasteiger partial charge >= 0.3 is 12.0 Å². The van der Waals surface area contributed by atoms with Crippen LogP contribution in [0.15, 0.2) is 73.4 Å². The summed E-state index contributed by atoms with van der Waals surface area (Å²) in [5.74, 6) is 1.34. The van der Waals surface area contributed by atoms with Crippen LogP contribution in [0.4, 0.5) is 4.79 Å². The molecule has 1 aliphatic carbocycles. The summed E-state index contributed by atoms with van der Waals surface area (Å²) < 4.78 is 10.3. The molecule has 4 rings (SSSR count). The lowest BCUT2D eigenvalue weighted by atomic mass is 9.87. The molecule has 42 heavy (non-hydrogen) atoms. The van der Waals surface area contributed by atoms with Crippen LogP contribution in [0.5, 0.6) is 5.75 Å². The van der Waals surface area contributed by atoms with Crippen LogP contribution in [0.3, 0.4) is 0 Å². The third kappa shape index (κ3) is 9.36. The molecule has 0 aromatic heterocycles. The summed E-state index contributed by atoms with van der Waals surface area (Å²) in [7, 11) is 1.64. The molecule has 2 aromatic rings. The van der Waals surface area contributed by atoms with E-state index in [1.807, 2.05) is 48.6 Å². The van der Waals surface area contributed by atoms with E-state index in [0.717, 1.165) is 33.9 Å². The van der Waals surface area contributed by atoms with Crippen molar-refractivity contribution in [3.05, 3.63) is 90.0 Å². The number of ether oxygens (including phenoxy) is 2. The van der Waals surface area contributed by atoms with Gasteiger partial charge in [-0.15, -0.1) is 0 Å². The van der Waals surface area contributed by atoms with E-state index in [9.17, 15) is 14.4 Å². The van der Waals surface area contributed by atoms with Gasteiger partial charge in [-0.25, -0.2) is 4.79 Å². The van der Waals surface area contributed by atoms with Gasteiger partial charge in [-0.3, -0.25) is 9.59 Å². The van der Waals surface area contributed by atoms with Gasteiger partial charge in [-0.05, 0) is 84.0 Å². The van der Waals surface area contributed by atoms with Crippen LogP contribution < -0.4 is 15.4 Å². The zero-order valence-electron chi connectivity index (χ0n) is 24.8. The molecule has 2 N–H and O–H groups in total. The van der Waals surface area contributed by atoms with Crippen molar-refractivity contribution in [3.63, 3.8) is 0 Å². The van der Waals surface area contributed by atoms with E-state index >= 15 is 0 Å². The predicted octanol–water partition coefficient (Wildman–Crippen LogP) is 5.71. The fourth-order valence-corrected chi connectivity index (χ4v) is 4.99. The van der Waals surface area contributed by atoms with Gasteiger partial charge in [0, 0.05) is 32.6 Å². The quantitative estimate of drug-likeness (QED) is 0.138. The average Bonchev–Trinajstić information content (AvgIpc) is 3.86. The van der Waals surface area contributed by atoms with Gasteiger partial charge in [0.25, 0.3) is 0 Å². The van der Waals surface area contributed by atoms with Crippen molar-refractivity contribution in [1.29, 1.82) is 0 Å². The predicted molar refractivity (Wildman–Crippen MR) is 166 cm³/mol. The summed E-state index contributed by atoms with van der Waals surface area (Å²) in [5.41, 5.74) is 6.73. The highest BCUT2D eigenvalue weighted by Gasteiger charge is 2.25. The second-order valence-corrected chi connectivity index (χ2v) is 10.2. The lowest BCUT2D eigenvalue weighted by molar-refractivity contribution is -0.143. The number of benzene rings is 2. The van der Waals surface area contributed by atoms with E-state index in [1.165, 1.54) is 24.0 Å². The maximum atomic E-state index is 12.8. The van der Waals surface area contributed by atoms with E-state index < -0.39 is 0 Å². The van der Waals surface area contributed by atoms with E-state index in [2.05, 4.69) is 29.9 Å². The maximum absolute atomic E-state index is 12.8. The van der Waals surface area contributed by atoms with Crippen LogP contribution >= 0.6 is 0 Å². The van der Waals surface area contributed by atoms with Crippen molar-refractivity contribution in [2.45, 2.75) is 52.1 Å². The molecule has 1 aliphatic heterocycles. The molecule has 0 saturated heterocycles. The Kier molecular flexibility index (Phi) is 12.9. The van der Waals surface area contributed by atoms with Crippen molar-refractivity contribution in [3.8, 4) is 16.9 Å². The molecule has 2 aromatic carbocycles. The van der Waals surface area contributed by atoms with Gasteiger partial charge in [0.05, 0.1) is 13.7 Å². The first kappa shape index (κ1) is 32.2. The van der Waals surface area contributed by atoms with Crippen LogP contribution in [-0.4, -0.2) is 50.1 Å². The molecule has 8 nitrogen and oxygen atoms in total. The summed E-state index contributed by atoms with van der Waals surface area (Å²) >= 11 is 0. The zero-order chi connectivity index (χ0) is 30.3. The van der Waals surface area contributed by atoms with Gasteiger partial charge in [-0.1, -0.05) is 55.7 Å². The second-order valence-electron chi connectivity index (χ2n) is 10.2. The van der Waals surface area contributed by atoms with E-state index in [4.69, 9.17) is 9.47 Å². The van der Waals surface area contributed by atoms with Crippen molar-refractivity contribution < 1.29 is 23.9 Å². The average molecular weight is 574 g/mol. The Morgan fingerprint density at radius 3 is 2.62 bits per heavy atom. The number of methoxy groups -OCH3 is 1. The minimum absolute atomic E-state index is 0.161. The highest BCUT2D eigenvalue weighted by atomic mass is 16.5. The minimum atomic E-state index is -0.254. The fourth-order valence-electron chi connectivity index (χ4n) is 4.99. The number of carbonyl (C=O) groups excluding carboxylic acids is 3. The molecule has 1 saturated carbocycles. The number of allylic oxidation sites excluding steroid dienone is 4. The number of hydrogen-bond donors (Lipinski definition) is 2. The molecule has 1 heterocycles. The van der Waals surface area contributed by atoms with Gasteiger partial charge in [0.15, 0.2) is 0 Å². The molecular weight excluding hydrogens is 530 g/mol. The third-order valence-electron chi connectivity index (χ3n) is 7.29. The van der Waals surface area contributed by atoms with Crippen LogP contribution in [0.25, 0.3) is 11.1 Å². The van der Waals surface area contributed by atoms with Crippen molar-refractivity contribution >= 4 is 18.4 Å². The Morgan fingerprint density at radius 1 is 1.14 bits per heavy atom. The number of fused-ring (bicyclic) bond motifs is 1.